The van der Waals surface area contributed by atoms with Gasteiger partial charge in [0.25, 0.3) is 0 Å². The molecule has 1 fully saturated rings. The number of hydrogen-bond donors (Lipinski definition) is 1. The van der Waals surface area contributed by atoms with Crippen LogP contribution < -0.4 is 10.6 Å². The molecule has 0 amide bonds. The summed E-state index contributed by atoms with van der Waals surface area (Å²) in [7, 11) is 2.01. The minimum atomic E-state index is 0.616. The van der Waals surface area contributed by atoms with Crippen LogP contribution in [0, 0.1) is 6.92 Å². The van der Waals surface area contributed by atoms with Crippen LogP contribution in [0.4, 0.5) is 5.82 Å². The number of anilines is 1. The van der Waals surface area contributed by atoms with E-state index in [4.69, 9.17) is 5.73 Å². The Labute approximate surface area is 91.1 Å². The van der Waals surface area contributed by atoms with Gasteiger partial charge in [-0.25, -0.2) is 0 Å². The molecule has 4 nitrogen and oxygen atoms in total. The van der Waals surface area contributed by atoms with Crippen molar-refractivity contribution in [2.75, 3.05) is 18.0 Å². The van der Waals surface area contributed by atoms with Gasteiger partial charge in [-0.2, -0.15) is 5.10 Å². The maximum Gasteiger partial charge on any atom is 0.127 e. The highest BCUT2D eigenvalue weighted by Gasteiger charge is 2.25. The van der Waals surface area contributed by atoms with E-state index in [1.165, 1.54) is 18.7 Å². The molecule has 0 spiro atoms. The normalized spacial score (nSPS) is 21.3. The van der Waals surface area contributed by atoms with Crippen LogP contribution >= 0.6 is 0 Å². The second-order valence-corrected chi connectivity index (χ2v) is 4.33. The van der Waals surface area contributed by atoms with Crippen molar-refractivity contribution in [3.63, 3.8) is 0 Å². The second-order valence-electron chi connectivity index (χ2n) is 4.33. The van der Waals surface area contributed by atoms with Crippen LogP contribution in [0.25, 0.3) is 0 Å². The summed E-state index contributed by atoms with van der Waals surface area (Å²) in [6, 6.07) is 2.78. The monoisotopic (exact) mass is 208 g/mol. The van der Waals surface area contributed by atoms with Crippen molar-refractivity contribution in [3.05, 3.63) is 11.8 Å². The first-order valence-electron chi connectivity index (χ1n) is 5.69. The van der Waals surface area contributed by atoms with Gasteiger partial charge >= 0.3 is 0 Å². The molecular weight excluding hydrogens is 188 g/mol. The summed E-state index contributed by atoms with van der Waals surface area (Å²) >= 11 is 0. The molecule has 1 aromatic rings. The minimum absolute atomic E-state index is 0.616. The van der Waals surface area contributed by atoms with Crippen LogP contribution in [0.5, 0.6) is 0 Å². The second kappa shape index (κ2) is 4.23. The number of hydrogen-bond acceptors (Lipinski definition) is 3. The summed E-state index contributed by atoms with van der Waals surface area (Å²) in [5.41, 5.74) is 6.73. The number of nitrogens with two attached hydrogens (primary N) is 1. The van der Waals surface area contributed by atoms with Crippen LogP contribution in [-0.2, 0) is 7.05 Å². The van der Waals surface area contributed by atoms with Crippen molar-refractivity contribution < 1.29 is 0 Å². The molecule has 1 saturated heterocycles. The Bertz CT molecular complexity index is 331. The van der Waals surface area contributed by atoms with Crippen LogP contribution in [0.1, 0.15) is 25.0 Å². The predicted octanol–water partition coefficient (Wildman–Crippen LogP) is 1.05. The lowest BCUT2D eigenvalue weighted by Gasteiger charge is -2.25. The summed E-state index contributed by atoms with van der Waals surface area (Å²) in [5, 5.41) is 4.39. The van der Waals surface area contributed by atoms with Gasteiger partial charge in [0.15, 0.2) is 0 Å². The van der Waals surface area contributed by atoms with Crippen molar-refractivity contribution in [3.8, 4) is 0 Å². The quantitative estimate of drug-likeness (QED) is 0.807. The van der Waals surface area contributed by atoms with Gasteiger partial charge in [0.2, 0.25) is 0 Å². The van der Waals surface area contributed by atoms with E-state index in [0.717, 1.165) is 25.2 Å². The van der Waals surface area contributed by atoms with E-state index >= 15 is 0 Å². The van der Waals surface area contributed by atoms with Crippen molar-refractivity contribution >= 4 is 5.82 Å². The molecule has 0 aliphatic carbocycles. The van der Waals surface area contributed by atoms with Crippen molar-refractivity contribution in [1.82, 2.24) is 9.78 Å². The lowest BCUT2D eigenvalue weighted by atomic mass is 10.1. The Kier molecular flexibility index (Phi) is 2.95. The third-order valence-corrected chi connectivity index (χ3v) is 3.15. The Morgan fingerprint density at radius 3 is 3.00 bits per heavy atom. The average Bonchev–Trinajstić information content (AvgIpc) is 2.73. The van der Waals surface area contributed by atoms with Gasteiger partial charge in [-0.1, -0.05) is 0 Å². The highest BCUT2D eigenvalue weighted by molar-refractivity contribution is 5.43. The van der Waals surface area contributed by atoms with Gasteiger partial charge in [-0.3, -0.25) is 4.68 Å². The largest absolute Gasteiger partial charge is 0.354 e. The van der Waals surface area contributed by atoms with Crippen LogP contribution in [0.2, 0.25) is 0 Å². The highest BCUT2D eigenvalue weighted by Crippen LogP contribution is 2.27. The molecular formula is C11H20N4. The predicted molar refractivity (Wildman–Crippen MR) is 62.0 cm³/mol. The van der Waals surface area contributed by atoms with E-state index in [0.29, 0.717) is 6.04 Å². The summed E-state index contributed by atoms with van der Waals surface area (Å²) < 4.78 is 1.98. The minimum Gasteiger partial charge on any atom is -0.354 e. The van der Waals surface area contributed by atoms with E-state index < -0.39 is 0 Å². The zero-order valence-corrected chi connectivity index (χ0v) is 9.61. The number of aryl methyl sites for hydroxylation is 2. The van der Waals surface area contributed by atoms with E-state index in [-0.39, 0.29) is 0 Å². The van der Waals surface area contributed by atoms with Gasteiger partial charge in [0.05, 0.1) is 5.69 Å². The maximum absolute atomic E-state index is 5.64. The summed E-state index contributed by atoms with van der Waals surface area (Å²) in [6.07, 6.45) is 3.63. The SMILES string of the molecule is Cc1cc(N2CCCC2CCN)n(C)n1. The third-order valence-electron chi connectivity index (χ3n) is 3.15. The van der Waals surface area contributed by atoms with Gasteiger partial charge in [-0.15, -0.1) is 0 Å². The zero-order valence-electron chi connectivity index (χ0n) is 9.61. The van der Waals surface area contributed by atoms with Crippen LogP contribution in [0.3, 0.4) is 0 Å². The standard InChI is InChI=1S/C11H20N4/c1-9-8-11(14(2)13-9)15-7-3-4-10(15)5-6-12/h8,10H,3-7,12H2,1-2H3. The Hall–Kier alpha value is -1.03. The summed E-state index contributed by atoms with van der Waals surface area (Å²) in [6.45, 7) is 3.96. The third kappa shape index (κ3) is 2.00. The maximum atomic E-state index is 5.64. The average molecular weight is 208 g/mol. The molecule has 0 aromatic carbocycles. The molecule has 0 saturated carbocycles. The molecule has 2 heterocycles. The van der Waals surface area contributed by atoms with Crippen LogP contribution in [0.15, 0.2) is 6.07 Å². The lowest BCUT2D eigenvalue weighted by Crippen LogP contribution is -2.32. The lowest BCUT2D eigenvalue weighted by molar-refractivity contribution is 0.600. The first kappa shape index (κ1) is 10.5. The fourth-order valence-corrected chi connectivity index (χ4v) is 2.50. The molecule has 15 heavy (non-hydrogen) atoms. The van der Waals surface area contributed by atoms with Crippen LogP contribution in [-0.4, -0.2) is 28.9 Å². The van der Waals surface area contributed by atoms with E-state index in [1.807, 2.05) is 18.7 Å². The summed E-state index contributed by atoms with van der Waals surface area (Å²) in [4.78, 5) is 2.45. The van der Waals surface area contributed by atoms with E-state index in [2.05, 4.69) is 16.1 Å². The van der Waals surface area contributed by atoms with E-state index in [9.17, 15) is 0 Å². The molecule has 1 atom stereocenters. The first-order chi connectivity index (χ1) is 7.22. The number of rotatable bonds is 3. The molecule has 2 rings (SSSR count). The van der Waals surface area contributed by atoms with Gasteiger partial charge in [0.1, 0.15) is 5.82 Å². The Balaban J connectivity index is 2.18. The Morgan fingerprint density at radius 2 is 2.40 bits per heavy atom. The number of nitrogens with zero attached hydrogens (tertiary/aromatic N) is 3. The Morgan fingerprint density at radius 1 is 1.60 bits per heavy atom. The fourth-order valence-electron chi connectivity index (χ4n) is 2.50. The van der Waals surface area contributed by atoms with Gasteiger partial charge < -0.3 is 10.6 Å². The molecule has 84 valence electrons. The molecule has 1 aliphatic heterocycles. The van der Waals surface area contributed by atoms with Crippen molar-refractivity contribution in [2.45, 2.75) is 32.2 Å². The highest BCUT2D eigenvalue weighted by atomic mass is 15.4. The molecule has 0 bridgehead atoms. The van der Waals surface area contributed by atoms with E-state index in [1.54, 1.807) is 0 Å². The van der Waals surface area contributed by atoms with Crippen molar-refractivity contribution in [1.29, 1.82) is 0 Å². The zero-order chi connectivity index (χ0) is 10.8. The van der Waals surface area contributed by atoms with Crippen molar-refractivity contribution in [2.24, 2.45) is 12.8 Å². The molecule has 1 aliphatic rings. The number of aromatic nitrogens is 2. The molecule has 1 aromatic heterocycles. The molecule has 4 heteroatoms. The molecule has 0 radical (unpaired) electrons. The fraction of sp³-hybridized carbons (Fsp3) is 0.727. The van der Waals surface area contributed by atoms with Gasteiger partial charge in [-0.05, 0) is 32.7 Å². The van der Waals surface area contributed by atoms with Gasteiger partial charge in [0, 0.05) is 25.7 Å². The molecule has 2 N–H and O–H groups in total. The summed E-state index contributed by atoms with van der Waals surface area (Å²) in [5.74, 6) is 1.24. The molecule has 1 unspecified atom stereocenters. The topological polar surface area (TPSA) is 47.1 Å². The first-order valence-corrected chi connectivity index (χ1v) is 5.69. The smallest absolute Gasteiger partial charge is 0.127 e.